The SMILES string of the molecule is Cc1cc(N2C(=O)NC(=O)/C(=C\C=C\c3ccco3)C2=O)ccc1Br. The average molecular weight is 401 g/mol. The first-order valence-corrected chi connectivity index (χ1v) is 8.14. The van der Waals surface area contributed by atoms with E-state index in [0.29, 0.717) is 11.4 Å². The van der Waals surface area contributed by atoms with Gasteiger partial charge in [-0.2, -0.15) is 0 Å². The van der Waals surface area contributed by atoms with Crippen LogP contribution < -0.4 is 10.2 Å². The lowest BCUT2D eigenvalue weighted by molar-refractivity contribution is -0.122. The van der Waals surface area contributed by atoms with Gasteiger partial charge >= 0.3 is 6.03 Å². The monoisotopic (exact) mass is 400 g/mol. The molecule has 1 aliphatic heterocycles. The number of anilines is 1. The normalized spacial score (nSPS) is 16.8. The summed E-state index contributed by atoms with van der Waals surface area (Å²) < 4.78 is 5.99. The van der Waals surface area contributed by atoms with Gasteiger partial charge in [-0.3, -0.25) is 14.9 Å². The number of amides is 4. The van der Waals surface area contributed by atoms with Crippen molar-refractivity contribution in [3.63, 3.8) is 0 Å². The first kappa shape index (κ1) is 16.9. The van der Waals surface area contributed by atoms with Crippen LogP contribution in [0.1, 0.15) is 11.3 Å². The maximum Gasteiger partial charge on any atom is 0.335 e. The van der Waals surface area contributed by atoms with E-state index in [9.17, 15) is 14.4 Å². The number of rotatable bonds is 3. The van der Waals surface area contributed by atoms with E-state index in [1.807, 2.05) is 6.92 Å². The number of carbonyl (C=O) groups is 3. The second kappa shape index (κ2) is 6.90. The highest BCUT2D eigenvalue weighted by Crippen LogP contribution is 2.25. The molecule has 1 aromatic heterocycles. The molecule has 1 aromatic carbocycles. The summed E-state index contributed by atoms with van der Waals surface area (Å²) in [5, 5.41) is 2.18. The molecule has 0 bridgehead atoms. The predicted octanol–water partition coefficient (Wildman–Crippen LogP) is 3.57. The summed E-state index contributed by atoms with van der Waals surface area (Å²) >= 11 is 3.37. The van der Waals surface area contributed by atoms with Crippen LogP contribution in [0.4, 0.5) is 10.5 Å². The summed E-state index contributed by atoms with van der Waals surface area (Å²) in [7, 11) is 0. The predicted molar refractivity (Wildman–Crippen MR) is 95.7 cm³/mol. The van der Waals surface area contributed by atoms with Gasteiger partial charge in [0.2, 0.25) is 0 Å². The van der Waals surface area contributed by atoms with Gasteiger partial charge in [0.1, 0.15) is 11.3 Å². The Morgan fingerprint density at radius 2 is 2.00 bits per heavy atom. The Morgan fingerprint density at radius 3 is 2.68 bits per heavy atom. The molecule has 0 atom stereocenters. The van der Waals surface area contributed by atoms with Gasteiger partial charge in [0.15, 0.2) is 0 Å². The summed E-state index contributed by atoms with van der Waals surface area (Å²) in [6, 6.07) is 7.74. The highest BCUT2D eigenvalue weighted by Gasteiger charge is 2.36. The number of nitrogens with one attached hydrogen (secondary N) is 1. The largest absolute Gasteiger partial charge is 0.465 e. The first-order valence-electron chi connectivity index (χ1n) is 7.35. The number of hydrogen-bond donors (Lipinski definition) is 1. The van der Waals surface area contributed by atoms with Crippen molar-refractivity contribution in [1.29, 1.82) is 0 Å². The van der Waals surface area contributed by atoms with E-state index >= 15 is 0 Å². The van der Waals surface area contributed by atoms with E-state index in [0.717, 1.165) is 14.9 Å². The molecule has 2 aromatic rings. The third-order valence-corrected chi connectivity index (χ3v) is 4.46. The van der Waals surface area contributed by atoms with E-state index in [-0.39, 0.29) is 5.57 Å². The lowest BCUT2D eigenvalue weighted by Crippen LogP contribution is -2.54. The second-order valence-electron chi connectivity index (χ2n) is 5.29. The third kappa shape index (κ3) is 3.46. The smallest absolute Gasteiger partial charge is 0.335 e. The number of furan rings is 1. The number of nitrogens with zero attached hydrogens (tertiary/aromatic N) is 1. The van der Waals surface area contributed by atoms with Crippen LogP contribution in [-0.4, -0.2) is 17.8 Å². The molecule has 3 rings (SSSR count). The standard InChI is InChI=1S/C18H13BrN2O4/c1-11-10-12(7-8-15(11)19)21-17(23)14(16(22)20-18(21)24)6-2-4-13-5-3-9-25-13/h2-10H,1H3,(H,20,22,24)/b4-2+,14-6+. The van der Waals surface area contributed by atoms with E-state index < -0.39 is 17.8 Å². The molecule has 0 unspecified atom stereocenters. The van der Waals surface area contributed by atoms with Gasteiger partial charge in [0, 0.05) is 4.47 Å². The Bertz CT molecular complexity index is 913. The van der Waals surface area contributed by atoms with Crippen LogP contribution in [0.2, 0.25) is 0 Å². The highest BCUT2D eigenvalue weighted by atomic mass is 79.9. The first-order chi connectivity index (χ1) is 12.0. The molecular formula is C18H13BrN2O4. The van der Waals surface area contributed by atoms with Crippen LogP contribution in [-0.2, 0) is 9.59 Å². The van der Waals surface area contributed by atoms with Crippen LogP contribution in [0, 0.1) is 6.92 Å². The van der Waals surface area contributed by atoms with Crippen LogP contribution in [0.5, 0.6) is 0 Å². The van der Waals surface area contributed by atoms with Crippen LogP contribution in [0.25, 0.3) is 6.08 Å². The maximum atomic E-state index is 12.6. The number of hydrogen-bond acceptors (Lipinski definition) is 4. The Kier molecular flexibility index (Phi) is 4.67. The van der Waals surface area contributed by atoms with Crippen molar-refractivity contribution in [2.24, 2.45) is 0 Å². The van der Waals surface area contributed by atoms with Crippen LogP contribution in [0.3, 0.4) is 0 Å². The van der Waals surface area contributed by atoms with Crippen LogP contribution >= 0.6 is 15.9 Å². The Balaban J connectivity index is 1.92. The Labute approximate surface area is 151 Å². The average Bonchev–Trinajstić information content (AvgIpc) is 3.07. The van der Waals surface area contributed by atoms with E-state index in [1.165, 1.54) is 18.4 Å². The number of aryl methyl sites for hydroxylation is 1. The molecule has 1 aliphatic rings. The molecule has 0 spiro atoms. The molecule has 0 aliphatic carbocycles. The van der Waals surface area contributed by atoms with E-state index in [1.54, 1.807) is 36.4 Å². The van der Waals surface area contributed by atoms with Gasteiger partial charge in [0.25, 0.3) is 11.8 Å². The lowest BCUT2D eigenvalue weighted by atomic mass is 10.1. The van der Waals surface area contributed by atoms with Gasteiger partial charge in [-0.15, -0.1) is 0 Å². The fourth-order valence-electron chi connectivity index (χ4n) is 2.30. The Morgan fingerprint density at radius 1 is 1.20 bits per heavy atom. The highest BCUT2D eigenvalue weighted by molar-refractivity contribution is 9.10. The summed E-state index contributed by atoms with van der Waals surface area (Å²) in [5.74, 6) is -0.833. The van der Waals surface area contributed by atoms with Gasteiger partial charge in [-0.05, 0) is 55.0 Å². The number of urea groups is 1. The molecular weight excluding hydrogens is 388 g/mol. The van der Waals surface area contributed by atoms with Crippen molar-refractivity contribution < 1.29 is 18.8 Å². The summed E-state index contributed by atoms with van der Waals surface area (Å²) in [4.78, 5) is 37.7. The summed E-state index contributed by atoms with van der Waals surface area (Å²) in [6.45, 7) is 1.84. The van der Waals surface area contributed by atoms with Gasteiger partial charge in [-0.25, -0.2) is 9.69 Å². The quantitative estimate of drug-likeness (QED) is 0.630. The molecule has 6 nitrogen and oxygen atoms in total. The molecule has 1 N–H and O–H groups in total. The fourth-order valence-corrected chi connectivity index (χ4v) is 2.55. The number of imide groups is 2. The van der Waals surface area contributed by atoms with Crippen molar-refractivity contribution in [2.75, 3.05) is 4.90 Å². The van der Waals surface area contributed by atoms with Gasteiger partial charge < -0.3 is 4.42 Å². The number of allylic oxidation sites excluding steroid dienone is 2. The van der Waals surface area contributed by atoms with Crippen molar-refractivity contribution in [2.45, 2.75) is 6.92 Å². The molecule has 7 heteroatoms. The molecule has 2 heterocycles. The van der Waals surface area contributed by atoms with Crippen molar-refractivity contribution in [3.05, 3.63) is 70.1 Å². The van der Waals surface area contributed by atoms with Crippen molar-refractivity contribution in [3.8, 4) is 0 Å². The zero-order valence-electron chi connectivity index (χ0n) is 13.2. The summed E-state index contributed by atoms with van der Waals surface area (Å²) in [5.41, 5.74) is 1.11. The second-order valence-corrected chi connectivity index (χ2v) is 6.14. The molecule has 0 radical (unpaired) electrons. The summed E-state index contributed by atoms with van der Waals surface area (Å²) in [6.07, 6.45) is 6.00. The van der Waals surface area contributed by atoms with Gasteiger partial charge in [0.05, 0.1) is 12.0 Å². The minimum atomic E-state index is -0.774. The number of carbonyl (C=O) groups excluding carboxylic acids is 3. The van der Waals surface area contributed by atoms with E-state index in [2.05, 4.69) is 21.2 Å². The minimum Gasteiger partial charge on any atom is -0.465 e. The maximum absolute atomic E-state index is 12.6. The lowest BCUT2D eigenvalue weighted by Gasteiger charge is -2.26. The Hall–Kier alpha value is -2.93. The zero-order chi connectivity index (χ0) is 18.0. The third-order valence-electron chi connectivity index (χ3n) is 3.57. The van der Waals surface area contributed by atoms with Crippen molar-refractivity contribution >= 4 is 45.5 Å². The fraction of sp³-hybridized carbons (Fsp3) is 0.0556. The topological polar surface area (TPSA) is 79.6 Å². The van der Waals surface area contributed by atoms with Crippen molar-refractivity contribution in [1.82, 2.24) is 5.32 Å². The zero-order valence-corrected chi connectivity index (χ0v) is 14.7. The molecule has 25 heavy (non-hydrogen) atoms. The van der Waals surface area contributed by atoms with Gasteiger partial charge in [-0.1, -0.05) is 22.0 Å². The number of barbiturate groups is 1. The van der Waals surface area contributed by atoms with E-state index in [4.69, 9.17) is 4.42 Å². The molecule has 1 saturated heterocycles. The molecule has 0 saturated carbocycles. The number of benzene rings is 1. The molecule has 126 valence electrons. The van der Waals surface area contributed by atoms with Crippen LogP contribution in [0.15, 0.2) is 63.2 Å². The molecule has 4 amide bonds. The number of halogens is 1. The molecule has 1 fully saturated rings. The minimum absolute atomic E-state index is 0.136.